The summed E-state index contributed by atoms with van der Waals surface area (Å²) in [6.45, 7) is 9.33. The second kappa shape index (κ2) is 20.9. The van der Waals surface area contributed by atoms with Gasteiger partial charge < -0.3 is 4.74 Å². The van der Waals surface area contributed by atoms with Crippen LogP contribution in [-0.2, 0) is 12.6 Å². The second-order valence-corrected chi connectivity index (χ2v) is 6.08. The number of carbonyl (C=O) groups is 1. The Kier molecular flexibility index (Phi) is 26.1. The van der Waals surface area contributed by atoms with Gasteiger partial charge in [0.1, 0.15) is 0 Å². The minimum absolute atomic E-state index is 0. The van der Waals surface area contributed by atoms with Crippen molar-refractivity contribution in [1.82, 2.24) is 0 Å². The molecule has 0 aromatic carbocycles. The number of esters is 1. The van der Waals surface area contributed by atoms with Gasteiger partial charge in [-0.1, -0.05) is 72.6 Å². The van der Waals surface area contributed by atoms with Gasteiger partial charge in [-0.15, -0.1) is 0 Å². The first-order valence-corrected chi connectivity index (χ1v) is 10.2. The predicted octanol–water partition coefficient (Wildman–Crippen LogP) is 4.47. The van der Waals surface area contributed by atoms with Gasteiger partial charge in [0.2, 0.25) is 0 Å². The van der Waals surface area contributed by atoms with Gasteiger partial charge in [0.25, 0.3) is 0 Å². The standard InChI is InChI=1S/C18H36O2.O.2Sn.2H/c1-5-9-13-18(14-10-6-2,15-11-7-3)17(19)20-16-12-8-4;;;;;/h5-16H2,1-4H3;;;;;. The zero-order chi connectivity index (χ0) is 17.3. The molecular weight excluding hydrogens is 502 g/mol. The Labute approximate surface area is 174 Å². The Bertz CT molecular complexity index is 239. The summed E-state index contributed by atoms with van der Waals surface area (Å²) in [5.74, 6) is 0.0845. The molecule has 136 valence electrons. The van der Waals surface area contributed by atoms with Crippen molar-refractivity contribution in [3.8, 4) is 0 Å². The van der Waals surface area contributed by atoms with E-state index < -0.39 is 0 Å². The van der Waals surface area contributed by atoms with Gasteiger partial charge in [0.15, 0.2) is 0 Å². The van der Waals surface area contributed by atoms with Gasteiger partial charge in [0.05, 0.1) is 12.0 Å². The van der Waals surface area contributed by atoms with Crippen LogP contribution in [0.4, 0.5) is 0 Å². The third-order valence-corrected chi connectivity index (χ3v) is 4.19. The van der Waals surface area contributed by atoms with Gasteiger partial charge >= 0.3 is 55.5 Å². The Balaban J connectivity index is -0.00000128. The molecule has 0 saturated heterocycles. The Morgan fingerprint density at radius 2 is 1.13 bits per heavy atom. The van der Waals surface area contributed by atoms with Gasteiger partial charge in [-0.25, -0.2) is 0 Å². The number of unbranched alkanes of at least 4 members (excludes halogenated alkanes) is 4. The first-order chi connectivity index (χ1) is 10.7. The summed E-state index contributed by atoms with van der Waals surface area (Å²) in [6.07, 6.45) is 12.0. The number of rotatable bonds is 13. The molecule has 0 aromatic rings. The summed E-state index contributed by atoms with van der Waals surface area (Å²) in [5.41, 5.74) is -0.199. The monoisotopic (exact) mass is 542 g/mol. The van der Waals surface area contributed by atoms with E-state index in [4.69, 9.17) is 7.81 Å². The summed E-state index contributed by atoms with van der Waals surface area (Å²) >= 11 is 0.300. The molecule has 0 aliphatic rings. The fourth-order valence-corrected chi connectivity index (χ4v) is 2.69. The van der Waals surface area contributed by atoms with Crippen molar-refractivity contribution in [2.45, 2.75) is 98.3 Å². The minimum atomic E-state index is -0.199. The first-order valence-electron chi connectivity index (χ1n) is 9.04. The molecule has 0 rings (SSSR count). The van der Waals surface area contributed by atoms with Gasteiger partial charge in [-0.3, -0.25) is 4.79 Å². The van der Waals surface area contributed by atoms with Crippen LogP contribution in [0.3, 0.4) is 0 Å². The molecule has 23 heavy (non-hydrogen) atoms. The van der Waals surface area contributed by atoms with Crippen LogP contribution in [0.5, 0.6) is 0 Å². The fraction of sp³-hybridized carbons (Fsp3) is 0.944. The van der Waals surface area contributed by atoms with Crippen molar-refractivity contribution in [2.24, 2.45) is 5.41 Å². The summed E-state index contributed by atoms with van der Waals surface area (Å²) in [7, 11) is 0. The van der Waals surface area contributed by atoms with Crippen LogP contribution in [0, 0.1) is 5.41 Å². The van der Waals surface area contributed by atoms with Crippen molar-refractivity contribution < 1.29 is 12.6 Å². The van der Waals surface area contributed by atoms with E-state index in [0.29, 0.717) is 29.1 Å². The van der Waals surface area contributed by atoms with Gasteiger partial charge in [-0.05, 0) is 25.7 Å². The summed E-state index contributed by atoms with van der Waals surface area (Å²) < 4.78 is 13.9. The summed E-state index contributed by atoms with van der Waals surface area (Å²) in [6, 6.07) is 0. The Morgan fingerprint density at radius 1 is 0.783 bits per heavy atom. The Morgan fingerprint density at radius 3 is 1.43 bits per heavy atom. The van der Waals surface area contributed by atoms with E-state index >= 15 is 0 Å². The SMILES string of the molecule is CCCCOC(=O)C(CCCC)(CCCC)CCCC.[O]=[Sn].[SnH2]. The van der Waals surface area contributed by atoms with E-state index in [1.165, 1.54) is 0 Å². The maximum atomic E-state index is 12.6. The molecule has 3 nitrogen and oxygen atoms in total. The van der Waals surface area contributed by atoms with Gasteiger partial charge in [-0.2, -0.15) is 0 Å². The van der Waals surface area contributed by atoms with Crippen LogP contribution in [0.15, 0.2) is 0 Å². The molecule has 0 amide bonds. The molecule has 0 aliphatic carbocycles. The molecule has 0 N–H and O–H groups in total. The van der Waals surface area contributed by atoms with Crippen LogP contribution in [0.1, 0.15) is 98.3 Å². The number of ether oxygens (including phenoxy) is 1. The molecule has 0 bridgehead atoms. The Hall–Kier alpha value is 0.867. The molecule has 0 heterocycles. The van der Waals surface area contributed by atoms with Crippen molar-refractivity contribution in [3.63, 3.8) is 0 Å². The van der Waals surface area contributed by atoms with Crippen LogP contribution >= 0.6 is 0 Å². The number of hydrogen-bond donors (Lipinski definition) is 0. The molecule has 0 aliphatic heterocycles. The van der Waals surface area contributed by atoms with E-state index in [1.54, 1.807) is 0 Å². The molecule has 0 fully saturated rings. The van der Waals surface area contributed by atoms with Crippen LogP contribution in [0.2, 0.25) is 0 Å². The molecular formula is C18H38O3Sn2. The molecule has 0 atom stereocenters. The second-order valence-electron chi connectivity index (χ2n) is 6.08. The van der Waals surface area contributed by atoms with Crippen LogP contribution < -0.4 is 0 Å². The maximum absolute atomic E-state index is 12.6. The topological polar surface area (TPSA) is 43.4 Å². The molecule has 5 heteroatoms. The number of carbonyl (C=O) groups excluding carboxylic acids is 1. The summed E-state index contributed by atoms with van der Waals surface area (Å²) in [4.78, 5) is 12.6. The average molecular weight is 540 g/mol. The predicted molar refractivity (Wildman–Crippen MR) is 102 cm³/mol. The zero-order valence-corrected chi connectivity index (χ0v) is 22.8. The molecule has 4 radical (unpaired) electrons. The van der Waals surface area contributed by atoms with E-state index in [-0.39, 0.29) is 35.3 Å². The third-order valence-electron chi connectivity index (χ3n) is 4.19. The normalized spacial score (nSPS) is 10.3. The van der Waals surface area contributed by atoms with Crippen molar-refractivity contribution in [2.75, 3.05) is 6.61 Å². The molecule has 0 spiro atoms. The first kappa shape index (κ1) is 28.7. The van der Waals surface area contributed by atoms with Crippen LogP contribution in [0.25, 0.3) is 0 Å². The quantitative estimate of drug-likeness (QED) is 0.197. The zero-order valence-electron chi connectivity index (χ0n) is 15.9. The van der Waals surface area contributed by atoms with Gasteiger partial charge in [0, 0.05) is 0 Å². The van der Waals surface area contributed by atoms with Crippen LogP contribution in [-0.4, -0.2) is 59.0 Å². The molecule has 0 saturated carbocycles. The summed E-state index contributed by atoms with van der Waals surface area (Å²) in [5, 5.41) is 0. The van der Waals surface area contributed by atoms with E-state index in [2.05, 4.69) is 27.7 Å². The van der Waals surface area contributed by atoms with E-state index in [1.807, 2.05) is 0 Å². The molecule has 0 aromatic heterocycles. The third kappa shape index (κ3) is 13.8. The van der Waals surface area contributed by atoms with E-state index in [0.717, 1.165) is 70.6 Å². The fourth-order valence-electron chi connectivity index (χ4n) is 2.69. The van der Waals surface area contributed by atoms with E-state index in [9.17, 15) is 4.79 Å². The molecule has 0 unspecified atom stereocenters. The van der Waals surface area contributed by atoms with Crippen molar-refractivity contribution >= 4 is 52.4 Å². The van der Waals surface area contributed by atoms with Crippen molar-refractivity contribution in [3.05, 3.63) is 0 Å². The average Bonchev–Trinajstić information content (AvgIpc) is 2.56. The van der Waals surface area contributed by atoms with Crippen molar-refractivity contribution in [1.29, 1.82) is 0 Å². The number of hydrogen-bond acceptors (Lipinski definition) is 3.